The molecule has 0 aliphatic heterocycles. The number of carbonyl (C=O) groups is 1. The standard InChI is InChI=1S/C18H34O3/c1-4-5-6-7-8-9-10-11-12-13-14-15-17(19)16(2)18(20)21-3/h17,19H,2,4-15H2,1,3H3. The third-order valence-electron chi connectivity index (χ3n) is 3.93. The molecule has 1 unspecified atom stereocenters. The van der Waals surface area contributed by atoms with Crippen LogP contribution in [0.5, 0.6) is 0 Å². The molecular formula is C18H34O3. The van der Waals surface area contributed by atoms with Crippen molar-refractivity contribution in [3.05, 3.63) is 12.2 Å². The lowest BCUT2D eigenvalue weighted by molar-refractivity contribution is -0.137. The van der Waals surface area contributed by atoms with Crippen molar-refractivity contribution in [1.82, 2.24) is 0 Å². The highest BCUT2D eigenvalue weighted by atomic mass is 16.5. The first-order chi connectivity index (χ1) is 10.1. The van der Waals surface area contributed by atoms with Crippen molar-refractivity contribution in [2.45, 2.75) is 90.1 Å². The van der Waals surface area contributed by atoms with Crippen LogP contribution in [0.1, 0.15) is 84.0 Å². The summed E-state index contributed by atoms with van der Waals surface area (Å²) in [7, 11) is 1.31. The molecule has 0 saturated carbocycles. The van der Waals surface area contributed by atoms with Crippen molar-refractivity contribution >= 4 is 5.97 Å². The lowest BCUT2D eigenvalue weighted by Crippen LogP contribution is -2.18. The van der Waals surface area contributed by atoms with Crippen LogP contribution in [-0.2, 0) is 9.53 Å². The summed E-state index contributed by atoms with van der Waals surface area (Å²) in [6, 6.07) is 0. The first kappa shape index (κ1) is 20.2. The smallest absolute Gasteiger partial charge is 0.335 e. The van der Waals surface area contributed by atoms with Crippen LogP contribution < -0.4 is 0 Å². The molecule has 0 aromatic rings. The fourth-order valence-corrected chi connectivity index (χ4v) is 2.44. The van der Waals surface area contributed by atoms with E-state index < -0.39 is 12.1 Å². The average Bonchev–Trinajstić information content (AvgIpc) is 2.50. The number of unbranched alkanes of at least 4 members (excludes halogenated alkanes) is 10. The van der Waals surface area contributed by atoms with E-state index in [1.54, 1.807) is 0 Å². The largest absolute Gasteiger partial charge is 0.466 e. The van der Waals surface area contributed by atoms with Gasteiger partial charge in [-0.1, -0.05) is 84.1 Å². The van der Waals surface area contributed by atoms with Crippen LogP contribution in [-0.4, -0.2) is 24.3 Å². The Balaban J connectivity index is 3.32. The molecule has 0 aromatic carbocycles. The van der Waals surface area contributed by atoms with E-state index in [4.69, 9.17) is 0 Å². The highest BCUT2D eigenvalue weighted by Crippen LogP contribution is 2.14. The number of hydrogen-bond donors (Lipinski definition) is 1. The van der Waals surface area contributed by atoms with Crippen LogP contribution in [0.2, 0.25) is 0 Å². The zero-order valence-corrected chi connectivity index (χ0v) is 14.0. The maximum atomic E-state index is 11.2. The van der Waals surface area contributed by atoms with Gasteiger partial charge in [-0.25, -0.2) is 4.79 Å². The normalized spacial score (nSPS) is 12.1. The molecule has 0 aliphatic rings. The van der Waals surface area contributed by atoms with Gasteiger partial charge in [0.15, 0.2) is 0 Å². The summed E-state index contributed by atoms with van der Waals surface area (Å²) in [4.78, 5) is 11.2. The Bertz CT molecular complexity index is 274. The maximum Gasteiger partial charge on any atom is 0.335 e. The summed E-state index contributed by atoms with van der Waals surface area (Å²) >= 11 is 0. The second-order valence-corrected chi connectivity index (χ2v) is 5.86. The maximum absolute atomic E-state index is 11.2. The van der Waals surface area contributed by atoms with Gasteiger partial charge in [0.2, 0.25) is 0 Å². The number of carbonyl (C=O) groups excluding carboxylic acids is 1. The molecule has 0 spiro atoms. The fourth-order valence-electron chi connectivity index (χ4n) is 2.44. The monoisotopic (exact) mass is 298 g/mol. The van der Waals surface area contributed by atoms with Crippen LogP contribution in [0.15, 0.2) is 12.2 Å². The number of esters is 1. The zero-order valence-electron chi connectivity index (χ0n) is 14.0. The van der Waals surface area contributed by atoms with E-state index in [2.05, 4.69) is 18.2 Å². The summed E-state index contributed by atoms with van der Waals surface area (Å²) < 4.78 is 4.54. The highest BCUT2D eigenvalue weighted by molar-refractivity contribution is 5.88. The van der Waals surface area contributed by atoms with E-state index in [1.807, 2.05) is 0 Å². The summed E-state index contributed by atoms with van der Waals surface area (Å²) in [5, 5.41) is 9.76. The molecule has 0 rings (SSSR count). The van der Waals surface area contributed by atoms with E-state index >= 15 is 0 Å². The van der Waals surface area contributed by atoms with Crippen LogP contribution in [0.25, 0.3) is 0 Å². The summed E-state index contributed by atoms with van der Waals surface area (Å²) in [6.45, 7) is 5.82. The van der Waals surface area contributed by atoms with E-state index in [-0.39, 0.29) is 5.57 Å². The topological polar surface area (TPSA) is 46.5 Å². The van der Waals surface area contributed by atoms with Gasteiger partial charge in [-0.2, -0.15) is 0 Å². The van der Waals surface area contributed by atoms with Gasteiger partial charge in [-0.3, -0.25) is 0 Å². The van der Waals surface area contributed by atoms with Gasteiger partial charge in [0.25, 0.3) is 0 Å². The molecule has 0 saturated heterocycles. The second kappa shape index (κ2) is 14.1. The van der Waals surface area contributed by atoms with Crippen molar-refractivity contribution in [3.63, 3.8) is 0 Å². The fraction of sp³-hybridized carbons (Fsp3) is 0.833. The van der Waals surface area contributed by atoms with Gasteiger partial charge in [-0.15, -0.1) is 0 Å². The Morgan fingerprint density at radius 2 is 1.38 bits per heavy atom. The molecule has 3 heteroatoms. The van der Waals surface area contributed by atoms with Gasteiger partial charge >= 0.3 is 5.97 Å². The van der Waals surface area contributed by atoms with Gasteiger partial charge < -0.3 is 9.84 Å². The molecule has 21 heavy (non-hydrogen) atoms. The number of ether oxygens (including phenoxy) is 1. The van der Waals surface area contributed by atoms with E-state index in [0.717, 1.165) is 12.8 Å². The van der Waals surface area contributed by atoms with E-state index in [1.165, 1.54) is 64.9 Å². The number of aliphatic hydroxyl groups is 1. The Hall–Kier alpha value is -0.830. The van der Waals surface area contributed by atoms with Gasteiger partial charge in [0.1, 0.15) is 0 Å². The van der Waals surface area contributed by atoms with E-state index in [9.17, 15) is 9.90 Å². The Morgan fingerprint density at radius 3 is 1.81 bits per heavy atom. The minimum Gasteiger partial charge on any atom is -0.466 e. The number of rotatable bonds is 14. The minimum absolute atomic E-state index is 0.171. The first-order valence-corrected chi connectivity index (χ1v) is 8.58. The quantitative estimate of drug-likeness (QED) is 0.285. The molecule has 0 aromatic heterocycles. The predicted molar refractivity (Wildman–Crippen MR) is 88.2 cm³/mol. The SMILES string of the molecule is C=C(C(=O)OC)C(O)CCCCCCCCCCCCC. The predicted octanol–water partition coefficient (Wildman–Crippen LogP) is 4.78. The number of aliphatic hydroxyl groups excluding tert-OH is 1. The van der Waals surface area contributed by atoms with Crippen LogP contribution in [0.4, 0.5) is 0 Å². The van der Waals surface area contributed by atoms with Gasteiger partial charge in [0.05, 0.1) is 18.8 Å². The van der Waals surface area contributed by atoms with Crippen molar-refractivity contribution in [1.29, 1.82) is 0 Å². The second-order valence-electron chi connectivity index (χ2n) is 5.86. The molecule has 1 N–H and O–H groups in total. The molecule has 124 valence electrons. The summed E-state index contributed by atoms with van der Waals surface area (Å²) in [5.74, 6) is -0.509. The highest BCUT2D eigenvalue weighted by Gasteiger charge is 2.16. The molecule has 0 bridgehead atoms. The van der Waals surface area contributed by atoms with E-state index in [0.29, 0.717) is 6.42 Å². The summed E-state index contributed by atoms with van der Waals surface area (Å²) in [5.41, 5.74) is 0.171. The molecule has 0 heterocycles. The molecule has 0 amide bonds. The van der Waals surface area contributed by atoms with Crippen molar-refractivity contribution in [2.24, 2.45) is 0 Å². The third-order valence-corrected chi connectivity index (χ3v) is 3.93. The van der Waals surface area contributed by atoms with Crippen LogP contribution >= 0.6 is 0 Å². The lowest BCUT2D eigenvalue weighted by Gasteiger charge is -2.11. The molecular weight excluding hydrogens is 264 g/mol. The Labute approximate surface area is 130 Å². The number of methoxy groups -OCH3 is 1. The third kappa shape index (κ3) is 11.5. The molecule has 0 fully saturated rings. The van der Waals surface area contributed by atoms with Gasteiger partial charge in [0, 0.05) is 0 Å². The van der Waals surface area contributed by atoms with Crippen molar-refractivity contribution in [2.75, 3.05) is 7.11 Å². The minimum atomic E-state index is -0.754. The molecule has 3 nitrogen and oxygen atoms in total. The van der Waals surface area contributed by atoms with Gasteiger partial charge in [-0.05, 0) is 6.42 Å². The Kier molecular flexibility index (Phi) is 13.6. The van der Waals surface area contributed by atoms with Crippen molar-refractivity contribution in [3.8, 4) is 0 Å². The van der Waals surface area contributed by atoms with Crippen molar-refractivity contribution < 1.29 is 14.6 Å². The average molecular weight is 298 g/mol. The molecule has 0 radical (unpaired) electrons. The zero-order chi connectivity index (χ0) is 15.9. The molecule has 1 atom stereocenters. The first-order valence-electron chi connectivity index (χ1n) is 8.58. The summed E-state index contributed by atoms with van der Waals surface area (Å²) in [6.07, 6.45) is 13.9. The lowest BCUT2D eigenvalue weighted by atomic mass is 10.0. The van der Waals surface area contributed by atoms with Crippen LogP contribution in [0.3, 0.4) is 0 Å². The number of hydrogen-bond acceptors (Lipinski definition) is 3. The van der Waals surface area contributed by atoms with Crippen LogP contribution in [0, 0.1) is 0 Å². The Morgan fingerprint density at radius 1 is 0.952 bits per heavy atom. The molecule has 0 aliphatic carbocycles.